The number of nitrogens with zero attached hydrogens (tertiary/aromatic N) is 2. The Bertz CT molecular complexity index is 914. The fraction of sp³-hybridized carbons (Fsp3) is 0.421. The van der Waals surface area contributed by atoms with Gasteiger partial charge in [0.05, 0.1) is 6.04 Å². The highest BCUT2D eigenvalue weighted by atomic mass is 16.5. The van der Waals surface area contributed by atoms with E-state index in [1.54, 1.807) is 0 Å². The van der Waals surface area contributed by atoms with E-state index in [9.17, 15) is 14.4 Å². The van der Waals surface area contributed by atoms with Gasteiger partial charge < -0.3 is 19.9 Å². The Labute approximate surface area is 156 Å². The molecule has 2 N–H and O–H groups in total. The molecule has 0 bridgehead atoms. The number of hydrogen-bond donors (Lipinski definition) is 2. The number of anilines is 1. The molecule has 1 aromatic heterocycles. The maximum absolute atomic E-state index is 12.5. The summed E-state index contributed by atoms with van der Waals surface area (Å²) in [5, 5.41) is 5.52. The summed E-state index contributed by atoms with van der Waals surface area (Å²) in [6, 6.07) is 9.02. The number of hydrogen-bond acceptors (Lipinski definition) is 4. The van der Waals surface area contributed by atoms with Gasteiger partial charge in [-0.1, -0.05) is 30.3 Å². The summed E-state index contributed by atoms with van der Waals surface area (Å²) in [4.78, 5) is 36.5. The second-order valence-corrected chi connectivity index (χ2v) is 6.83. The van der Waals surface area contributed by atoms with Crippen LogP contribution >= 0.6 is 0 Å². The van der Waals surface area contributed by atoms with E-state index in [1.807, 2.05) is 30.3 Å². The maximum Gasteiger partial charge on any atom is 0.330 e. The van der Waals surface area contributed by atoms with Crippen molar-refractivity contribution in [3.63, 3.8) is 0 Å². The number of urea groups is 1. The van der Waals surface area contributed by atoms with Gasteiger partial charge in [-0.05, 0) is 24.3 Å². The monoisotopic (exact) mass is 372 g/mol. The average Bonchev–Trinajstić information content (AvgIpc) is 3.17. The van der Waals surface area contributed by atoms with Crippen LogP contribution in [0.25, 0.3) is 0 Å². The molecule has 1 aliphatic rings. The largest absolute Gasteiger partial charge is 0.381 e. The van der Waals surface area contributed by atoms with Crippen molar-refractivity contribution in [3.05, 3.63) is 62.9 Å². The van der Waals surface area contributed by atoms with Crippen LogP contribution in [-0.2, 0) is 18.8 Å². The number of rotatable bonds is 5. The van der Waals surface area contributed by atoms with Crippen LogP contribution in [0.5, 0.6) is 0 Å². The second kappa shape index (κ2) is 8.22. The molecule has 0 radical (unpaired) electrons. The molecule has 2 amide bonds. The quantitative estimate of drug-likeness (QED) is 0.829. The molecule has 8 heteroatoms. The molecule has 0 aliphatic carbocycles. The van der Waals surface area contributed by atoms with Gasteiger partial charge in [0.1, 0.15) is 5.69 Å². The molecule has 144 valence electrons. The number of aromatic nitrogens is 2. The van der Waals surface area contributed by atoms with E-state index in [0.717, 1.165) is 29.6 Å². The molecule has 1 saturated heterocycles. The minimum atomic E-state index is -0.547. The van der Waals surface area contributed by atoms with Gasteiger partial charge in [-0.2, -0.15) is 0 Å². The molecule has 1 aliphatic heterocycles. The topological polar surface area (TPSA) is 94.4 Å². The van der Waals surface area contributed by atoms with Crippen molar-refractivity contribution in [2.45, 2.75) is 18.9 Å². The Balaban J connectivity index is 1.76. The van der Waals surface area contributed by atoms with Crippen molar-refractivity contribution < 1.29 is 9.53 Å². The van der Waals surface area contributed by atoms with Crippen LogP contribution < -0.4 is 21.9 Å². The lowest BCUT2D eigenvalue weighted by Gasteiger charge is -2.22. The summed E-state index contributed by atoms with van der Waals surface area (Å²) in [7, 11) is 2.90. The van der Waals surface area contributed by atoms with Crippen molar-refractivity contribution in [3.8, 4) is 0 Å². The molecule has 2 aromatic rings. The van der Waals surface area contributed by atoms with Gasteiger partial charge in [-0.25, -0.2) is 9.59 Å². The second-order valence-electron chi connectivity index (χ2n) is 6.83. The first-order valence-electron chi connectivity index (χ1n) is 8.92. The highest BCUT2D eigenvalue weighted by Crippen LogP contribution is 2.26. The molecule has 0 saturated carbocycles. The molecule has 1 fully saturated rings. The van der Waals surface area contributed by atoms with Crippen molar-refractivity contribution in [1.82, 2.24) is 14.5 Å². The standard InChI is InChI=1S/C19H24N4O4/c1-22-11-16(17(24)23(2)19(22)26)21-18(25)20-15(10-13-8-9-27-12-13)14-6-4-3-5-7-14/h3-7,11,13,15H,8-10,12H2,1-2H3,(H2,20,21,25). The first-order chi connectivity index (χ1) is 13.0. The number of ether oxygens (including phenoxy) is 1. The Morgan fingerprint density at radius 1 is 1.26 bits per heavy atom. The Morgan fingerprint density at radius 3 is 2.67 bits per heavy atom. The fourth-order valence-electron chi connectivity index (χ4n) is 3.28. The molecule has 2 atom stereocenters. The molecule has 0 spiro atoms. The van der Waals surface area contributed by atoms with Gasteiger partial charge >= 0.3 is 11.7 Å². The summed E-state index contributed by atoms with van der Waals surface area (Å²) in [6.07, 6.45) is 3.04. The lowest BCUT2D eigenvalue weighted by Crippen LogP contribution is -2.40. The SMILES string of the molecule is Cn1cc(NC(=O)NC(CC2CCOC2)c2ccccc2)c(=O)n(C)c1=O. The summed E-state index contributed by atoms with van der Waals surface area (Å²) in [5.41, 5.74) is 0.0454. The van der Waals surface area contributed by atoms with E-state index >= 15 is 0 Å². The molecular weight excluding hydrogens is 348 g/mol. The maximum atomic E-state index is 12.5. The van der Waals surface area contributed by atoms with E-state index in [1.165, 1.54) is 24.9 Å². The van der Waals surface area contributed by atoms with Gasteiger partial charge in [-0.15, -0.1) is 0 Å². The number of benzene rings is 1. The van der Waals surface area contributed by atoms with E-state index in [-0.39, 0.29) is 11.7 Å². The predicted octanol–water partition coefficient (Wildman–Crippen LogP) is 1.37. The van der Waals surface area contributed by atoms with E-state index < -0.39 is 17.3 Å². The normalized spacial score (nSPS) is 17.5. The molecule has 2 unspecified atom stereocenters. The molecule has 8 nitrogen and oxygen atoms in total. The minimum Gasteiger partial charge on any atom is -0.381 e. The van der Waals surface area contributed by atoms with Gasteiger partial charge in [0, 0.05) is 33.5 Å². The van der Waals surface area contributed by atoms with Gasteiger partial charge in [0.2, 0.25) is 0 Å². The predicted molar refractivity (Wildman–Crippen MR) is 102 cm³/mol. The van der Waals surface area contributed by atoms with Crippen LogP contribution in [-0.4, -0.2) is 28.4 Å². The highest BCUT2D eigenvalue weighted by molar-refractivity contribution is 5.89. The van der Waals surface area contributed by atoms with Crippen molar-refractivity contribution in [2.24, 2.45) is 20.0 Å². The van der Waals surface area contributed by atoms with E-state index in [2.05, 4.69) is 10.6 Å². The van der Waals surface area contributed by atoms with Crippen molar-refractivity contribution in [1.29, 1.82) is 0 Å². The molecular formula is C19H24N4O4. The summed E-state index contributed by atoms with van der Waals surface area (Å²) in [5.74, 6) is 0.376. The number of nitrogens with one attached hydrogen (secondary N) is 2. The third kappa shape index (κ3) is 4.46. The summed E-state index contributed by atoms with van der Waals surface area (Å²) >= 11 is 0. The Kier molecular flexibility index (Phi) is 5.75. The molecule has 2 heterocycles. The van der Waals surface area contributed by atoms with Crippen LogP contribution in [0.2, 0.25) is 0 Å². The van der Waals surface area contributed by atoms with Gasteiger partial charge in [0.15, 0.2) is 0 Å². The third-order valence-corrected chi connectivity index (χ3v) is 4.79. The Hall–Kier alpha value is -2.87. The number of carbonyl (C=O) groups excluding carboxylic acids is 1. The Morgan fingerprint density at radius 2 is 2.00 bits per heavy atom. The van der Waals surface area contributed by atoms with Crippen LogP contribution in [0.4, 0.5) is 10.5 Å². The fourth-order valence-corrected chi connectivity index (χ4v) is 3.28. The number of aryl methyl sites for hydroxylation is 1. The molecule has 3 rings (SSSR count). The zero-order valence-electron chi connectivity index (χ0n) is 15.5. The minimum absolute atomic E-state index is 0.0492. The number of carbonyl (C=O) groups is 1. The first kappa shape index (κ1) is 18.9. The molecule has 1 aromatic carbocycles. The smallest absolute Gasteiger partial charge is 0.330 e. The number of amides is 2. The third-order valence-electron chi connectivity index (χ3n) is 4.79. The lowest BCUT2D eigenvalue weighted by molar-refractivity contribution is 0.181. The van der Waals surface area contributed by atoms with Crippen LogP contribution in [0.3, 0.4) is 0 Å². The zero-order chi connectivity index (χ0) is 19.4. The zero-order valence-corrected chi connectivity index (χ0v) is 15.5. The van der Waals surface area contributed by atoms with Crippen LogP contribution in [0.15, 0.2) is 46.1 Å². The molecule has 27 heavy (non-hydrogen) atoms. The van der Waals surface area contributed by atoms with Crippen molar-refractivity contribution in [2.75, 3.05) is 18.5 Å². The van der Waals surface area contributed by atoms with Crippen molar-refractivity contribution >= 4 is 11.7 Å². The van der Waals surface area contributed by atoms with Gasteiger partial charge in [0.25, 0.3) is 5.56 Å². The van der Waals surface area contributed by atoms with E-state index in [0.29, 0.717) is 12.5 Å². The average molecular weight is 372 g/mol. The lowest BCUT2D eigenvalue weighted by atomic mass is 9.94. The summed E-state index contributed by atoms with van der Waals surface area (Å²) in [6.45, 7) is 1.43. The van der Waals surface area contributed by atoms with Crippen LogP contribution in [0, 0.1) is 5.92 Å². The highest BCUT2D eigenvalue weighted by Gasteiger charge is 2.23. The van der Waals surface area contributed by atoms with Gasteiger partial charge in [-0.3, -0.25) is 9.36 Å². The first-order valence-corrected chi connectivity index (χ1v) is 8.92. The van der Waals surface area contributed by atoms with Crippen LogP contribution in [0.1, 0.15) is 24.4 Å². The van der Waals surface area contributed by atoms with E-state index in [4.69, 9.17) is 4.74 Å². The summed E-state index contributed by atoms with van der Waals surface area (Å²) < 4.78 is 7.65.